The molecule has 1 aromatic heterocycles. The van der Waals surface area contributed by atoms with Crippen LogP contribution in [-0.4, -0.2) is 15.9 Å². The highest BCUT2D eigenvalue weighted by atomic mass is 16.5. The highest BCUT2D eigenvalue weighted by Crippen LogP contribution is 2.25. The van der Waals surface area contributed by atoms with Crippen LogP contribution in [0.3, 0.4) is 0 Å². The summed E-state index contributed by atoms with van der Waals surface area (Å²) < 4.78 is 5.78. The van der Waals surface area contributed by atoms with Crippen LogP contribution in [0.15, 0.2) is 78.9 Å². The van der Waals surface area contributed by atoms with E-state index in [4.69, 9.17) is 4.74 Å². The molecule has 0 aliphatic carbocycles. The minimum Gasteiger partial charge on any atom is -0.508 e. The first kappa shape index (κ1) is 15.0. The van der Waals surface area contributed by atoms with Crippen LogP contribution >= 0.6 is 0 Å². The third-order valence-electron chi connectivity index (χ3n) is 3.92. The van der Waals surface area contributed by atoms with Crippen molar-refractivity contribution in [2.24, 2.45) is 0 Å². The van der Waals surface area contributed by atoms with E-state index in [1.807, 2.05) is 36.4 Å². The number of carbonyl (C=O) groups excluding carboxylic acids is 1. The molecule has 3 aromatic carbocycles. The van der Waals surface area contributed by atoms with Gasteiger partial charge in [-0.3, -0.25) is 4.79 Å². The quantitative estimate of drug-likeness (QED) is 0.524. The molecule has 2 N–H and O–H groups in total. The fraction of sp³-hybridized carbons (Fsp3) is 0. The largest absolute Gasteiger partial charge is 0.508 e. The van der Waals surface area contributed by atoms with Crippen molar-refractivity contribution in [3.8, 4) is 17.2 Å². The molecule has 0 amide bonds. The molecular weight excluding hydrogens is 314 g/mol. The van der Waals surface area contributed by atoms with Gasteiger partial charge in [0.15, 0.2) is 0 Å². The number of ketones is 1. The zero-order valence-corrected chi connectivity index (χ0v) is 13.3. The molecule has 1 heterocycles. The van der Waals surface area contributed by atoms with E-state index in [9.17, 15) is 9.90 Å². The van der Waals surface area contributed by atoms with Gasteiger partial charge in [-0.1, -0.05) is 30.3 Å². The Morgan fingerprint density at radius 1 is 0.840 bits per heavy atom. The number of fused-ring (bicyclic) bond motifs is 1. The minimum absolute atomic E-state index is 0.130. The number of hydrogen-bond acceptors (Lipinski definition) is 3. The van der Waals surface area contributed by atoms with Crippen molar-refractivity contribution >= 4 is 16.7 Å². The Balaban J connectivity index is 1.64. The first-order valence-corrected chi connectivity index (χ1v) is 7.88. The first-order valence-electron chi connectivity index (χ1n) is 7.88. The Bertz CT molecular complexity index is 1050. The van der Waals surface area contributed by atoms with Crippen molar-refractivity contribution in [1.29, 1.82) is 0 Å². The molecule has 0 saturated carbocycles. The maximum absolute atomic E-state index is 12.8. The number of phenols is 1. The number of carbonyl (C=O) groups is 1. The number of aromatic hydroxyl groups is 1. The van der Waals surface area contributed by atoms with E-state index in [1.165, 1.54) is 0 Å². The Labute approximate surface area is 144 Å². The molecular formula is C21H15NO3. The summed E-state index contributed by atoms with van der Waals surface area (Å²) in [4.78, 5) is 15.8. The van der Waals surface area contributed by atoms with Gasteiger partial charge in [-0.05, 0) is 48.5 Å². The molecule has 0 saturated heterocycles. The number of ether oxygens (including phenoxy) is 1. The molecule has 4 heteroatoms. The van der Waals surface area contributed by atoms with Crippen LogP contribution in [0.1, 0.15) is 16.1 Å². The van der Waals surface area contributed by atoms with Gasteiger partial charge in [-0.25, -0.2) is 0 Å². The first-order chi connectivity index (χ1) is 12.2. The number of aromatic amines is 1. The van der Waals surface area contributed by atoms with Crippen LogP contribution in [0.5, 0.6) is 17.2 Å². The summed E-state index contributed by atoms with van der Waals surface area (Å²) in [5, 5.41) is 10.3. The number of para-hydroxylation sites is 1. The fourth-order valence-corrected chi connectivity index (χ4v) is 2.72. The van der Waals surface area contributed by atoms with Gasteiger partial charge in [0.2, 0.25) is 5.78 Å². The average Bonchev–Trinajstić information content (AvgIpc) is 3.05. The number of H-pyrrole nitrogens is 1. The smallest absolute Gasteiger partial charge is 0.209 e. The van der Waals surface area contributed by atoms with E-state index >= 15 is 0 Å². The standard InChI is InChI=1S/C21H15NO3/c23-16-9-10-19-15(11-16)13-20(22-19)21(24)14-5-4-8-18(12-14)25-17-6-2-1-3-7-17/h1-13,22-23H. The second-order valence-electron chi connectivity index (χ2n) is 5.73. The van der Waals surface area contributed by atoms with Gasteiger partial charge in [0.05, 0.1) is 5.69 Å². The Morgan fingerprint density at radius 2 is 1.64 bits per heavy atom. The van der Waals surface area contributed by atoms with Gasteiger partial charge in [-0.15, -0.1) is 0 Å². The summed E-state index contributed by atoms with van der Waals surface area (Å²) in [6.07, 6.45) is 0. The lowest BCUT2D eigenvalue weighted by atomic mass is 10.1. The lowest BCUT2D eigenvalue weighted by Crippen LogP contribution is -2.01. The Hall–Kier alpha value is -3.53. The van der Waals surface area contributed by atoms with Crippen molar-refractivity contribution in [3.05, 3.63) is 90.1 Å². The molecule has 0 aliphatic rings. The van der Waals surface area contributed by atoms with Gasteiger partial charge < -0.3 is 14.8 Å². The topological polar surface area (TPSA) is 62.3 Å². The van der Waals surface area contributed by atoms with Gasteiger partial charge in [0.25, 0.3) is 0 Å². The molecule has 122 valence electrons. The molecule has 4 aromatic rings. The second kappa shape index (κ2) is 6.17. The zero-order valence-electron chi connectivity index (χ0n) is 13.3. The number of benzene rings is 3. The molecule has 25 heavy (non-hydrogen) atoms. The van der Waals surface area contributed by atoms with E-state index < -0.39 is 0 Å². The van der Waals surface area contributed by atoms with E-state index in [2.05, 4.69) is 4.98 Å². The summed E-state index contributed by atoms with van der Waals surface area (Å²) in [5.41, 5.74) is 1.81. The van der Waals surface area contributed by atoms with Gasteiger partial charge in [0, 0.05) is 16.5 Å². The molecule has 0 aliphatic heterocycles. The molecule has 0 radical (unpaired) electrons. The lowest BCUT2D eigenvalue weighted by Gasteiger charge is -2.06. The number of rotatable bonds is 4. The summed E-state index contributed by atoms with van der Waals surface area (Å²) in [6.45, 7) is 0. The molecule has 0 fully saturated rings. The summed E-state index contributed by atoms with van der Waals surface area (Å²) in [6, 6.07) is 23.2. The third-order valence-corrected chi connectivity index (χ3v) is 3.92. The predicted molar refractivity (Wildman–Crippen MR) is 96.4 cm³/mol. The van der Waals surface area contributed by atoms with Crippen molar-refractivity contribution in [2.75, 3.05) is 0 Å². The minimum atomic E-state index is -0.130. The predicted octanol–water partition coefficient (Wildman–Crippen LogP) is 4.90. The van der Waals surface area contributed by atoms with Crippen LogP contribution in [0.25, 0.3) is 10.9 Å². The van der Waals surface area contributed by atoms with Crippen LogP contribution < -0.4 is 4.74 Å². The Kier molecular flexibility index (Phi) is 3.71. The van der Waals surface area contributed by atoms with Crippen molar-refractivity contribution in [1.82, 2.24) is 4.98 Å². The SMILES string of the molecule is O=C(c1cccc(Oc2ccccc2)c1)c1cc2cc(O)ccc2[nH]1. The fourth-order valence-electron chi connectivity index (χ4n) is 2.72. The molecule has 0 spiro atoms. The summed E-state index contributed by atoms with van der Waals surface area (Å²) in [5.74, 6) is 1.36. The van der Waals surface area contributed by atoms with Crippen LogP contribution in [0.2, 0.25) is 0 Å². The van der Waals surface area contributed by atoms with Crippen LogP contribution in [0, 0.1) is 0 Å². The zero-order chi connectivity index (χ0) is 17.2. The maximum Gasteiger partial charge on any atom is 0.209 e. The molecule has 0 unspecified atom stereocenters. The second-order valence-corrected chi connectivity index (χ2v) is 5.73. The average molecular weight is 329 g/mol. The van der Waals surface area contributed by atoms with Crippen LogP contribution in [-0.2, 0) is 0 Å². The molecule has 0 atom stereocenters. The highest BCUT2D eigenvalue weighted by Gasteiger charge is 2.13. The van der Waals surface area contributed by atoms with Crippen LogP contribution in [0.4, 0.5) is 0 Å². The van der Waals surface area contributed by atoms with Crippen molar-refractivity contribution in [3.63, 3.8) is 0 Å². The van der Waals surface area contributed by atoms with Crippen molar-refractivity contribution < 1.29 is 14.6 Å². The molecule has 4 nitrogen and oxygen atoms in total. The van der Waals surface area contributed by atoms with Gasteiger partial charge in [-0.2, -0.15) is 0 Å². The number of nitrogens with one attached hydrogen (secondary N) is 1. The normalized spacial score (nSPS) is 10.7. The summed E-state index contributed by atoms with van der Waals surface area (Å²) in [7, 11) is 0. The highest BCUT2D eigenvalue weighted by molar-refractivity contribution is 6.10. The number of hydrogen-bond donors (Lipinski definition) is 2. The van der Waals surface area contributed by atoms with Gasteiger partial charge >= 0.3 is 0 Å². The number of phenolic OH excluding ortho intramolecular Hbond substituents is 1. The van der Waals surface area contributed by atoms with Gasteiger partial charge in [0.1, 0.15) is 17.2 Å². The van der Waals surface area contributed by atoms with E-state index in [0.29, 0.717) is 22.8 Å². The van der Waals surface area contributed by atoms with E-state index in [0.717, 1.165) is 10.9 Å². The third kappa shape index (κ3) is 3.10. The molecule has 0 bridgehead atoms. The monoisotopic (exact) mass is 329 g/mol. The maximum atomic E-state index is 12.8. The Morgan fingerprint density at radius 3 is 2.48 bits per heavy atom. The van der Waals surface area contributed by atoms with Crippen molar-refractivity contribution in [2.45, 2.75) is 0 Å². The lowest BCUT2D eigenvalue weighted by molar-refractivity contribution is 0.103. The summed E-state index contributed by atoms with van der Waals surface area (Å²) >= 11 is 0. The number of aromatic nitrogens is 1. The van der Waals surface area contributed by atoms with E-state index in [1.54, 1.807) is 42.5 Å². The molecule has 4 rings (SSSR count). The van der Waals surface area contributed by atoms with E-state index in [-0.39, 0.29) is 11.5 Å².